The van der Waals surface area contributed by atoms with Crippen LogP contribution < -0.4 is 10.1 Å². The summed E-state index contributed by atoms with van der Waals surface area (Å²) < 4.78 is 10.5. The minimum Gasteiger partial charge on any atom is -0.497 e. The van der Waals surface area contributed by atoms with E-state index in [9.17, 15) is 9.59 Å². The zero-order chi connectivity index (χ0) is 22.3. The lowest BCUT2D eigenvalue weighted by Crippen LogP contribution is -2.30. The number of nitrogens with one attached hydrogen (secondary N) is 1. The normalized spacial score (nSPS) is 10.5. The lowest BCUT2D eigenvalue weighted by molar-refractivity contribution is -0.143. The number of methoxy groups -OCH3 is 1. The molecule has 0 saturated carbocycles. The Hall–Kier alpha value is -4.19. The number of rotatable bonds is 7. The molecule has 1 heterocycles. The zero-order valence-corrected chi connectivity index (χ0v) is 17.6. The molecule has 0 aliphatic carbocycles. The van der Waals surface area contributed by atoms with Gasteiger partial charge in [0.15, 0.2) is 0 Å². The fourth-order valence-electron chi connectivity index (χ4n) is 3.31. The topological polar surface area (TPSA) is 77.5 Å². The van der Waals surface area contributed by atoms with Crippen LogP contribution in [0.4, 0.5) is 0 Å². The van der Waals surface area contributed by atoms with Gasteiger partial charge >= 0.3 is 5.97 Å². The summed E-state index contributed by atoms with van der Waals surface area (Å²) in [6.45, 7) is -0.0600. The average molecular weight is 426 g/mol. The summed E-state index contributed by atoms with van der Waals surface area (Å²) in [5.74, 6) is -0.132. The number of para-hydroxylation sites is 1. The Morgan fingerprint density at radius 3 is 2.38 bits per heavy atom. The van der Waals surface area contributed by atoms with Gasteiger partial charge in [-0.2, -0.15) is 0 Å². The smallest absolute Gasteiger partial charge is 0.325 e. The Kier molecular flexibility index (Phi) is 6.41. The van der Waals surface area contributed by atoms with Crippen LogP contribution in [0.3, 0.4) is 0 Å². The van der Waals surface area contributed by atoms with Crippen molar-refractivity contribution in [3.63, 3.8) is 0 Å². The summed E-state index contributed by atoms with van der Waals surface area (Å²) in [6, 6.07) is 26.0. The molecule has 0 radical (unpaired) electrons. The number of amides is 1. The molecule has 0 aliphatic rings. The van der Waals surface area contributed by atoms with E-state index >= 15 is 0 Å². The van der Waals surface area contributed by atoms with Gasteiger partial charge in [0.25, 0.3) is 5.91 Å². The number of pyridine rings is 1. The number of carbonyl (C=O) groups is 2. The molecule has 1 amide bonds. The third kappa shape index (κ3) is 4.92. The van der Waals surface area contributed by atoms with Crippen LogP contribution in [0.2, 0.25) is 0 Å². The molecule has 1 N–H and O–H groups in total. The maximum atomic E-state index is 13.0. The molecular formula is C26H22N2O4. The lowest BCUT2D eigenvalue weighted by atomic mass is 10.0. The largest absolute Gasteiger partial charge is 0.497 e. The first kappa shape index (κ1) is 21.1. The number of nitrogens with zero attached hydrogens (tertiary/aromatic N) is 1. The van der Waals surface area contributed by atoms with Crippen molar-refractivity contribution >= 4 is 22.8 Å². The highest BCUT2D eigenvalue weighted by molar-refractivity contribution is 6.07. The van der Waals surface area contributed by atoms with Crippen LogP contribution in [0.1, 0.15) is 15.9 Å². The van der Waals surface area contributed by atoms with Crippen LogP contribution in [0.5, 0.6) is 5.75 Å². The van der Waals surface area contributed by atoms with Gasteiger partial charge in [-0.3, -0.25) is 9.59 Å². The molecule has 32 heavy (non-hydrogen) atoms. The third-order valence-electron chi connectivity index (χ3n) is 4.98. The second-order valence-electron chi connectivity index (χ2n) is 7.13. The van der Waals surface area contributed by atoms with Crippen molar-refractivity contribution in [3.05, 3.63) is 96.1 Å². The number of hydrogen-bond acceptors (Lipinski definition) is 5. The van der Waals surface area contributed by atoms with Crippen LogP contribution in [-0.2, 0) is 16.1 Å². The molecular weight excluding hydrogens is 404 g/mol. The highest BCUT2D eigenvalue weighted by atomic mass is 16.5. The second-order valence-corrected chi connectivity index (χ2v) is 7.13. The molecule has 160 valence electrons. The van der Waals surface area contributed by atoms with Crippen LogP contribution >= 0.6 is 0 Å². The van der Waals surface area contributed by atoms with E-state index in [4.69, 9.17) is 9.47 Å². The van der Waals surface area contributed by atoms with Crippen molar-refractivity contribution in [2.45, 2.75) is 6.61 Å². The predicted molar refractivity (Wildman–Crippen MR) is 122 cm³/mol. The van der Waals surface area contributed by atoms with Crippen LogP contribution in [0.15, 0.2) is 84.9 Å². The maximum absolute atomic E-state index is 13.0. The van der Waals surface area contributed by atoms with Gasteiger partial charge in [-0.25, -0.2) is 4.98 Å². The first-order chi connectivity index (χ1) is 15.6. The average Bonchev–Trinajstić information content (AvgIpc) is 2.86. The van der Waals surface area contributed by atoms with Gasteiger partial charge in [-0.05, 0) is 42.0 Å². The Morgan fingerprint density at radius 2 is 1.62 bits per heavy atom. The molecule has 3 aromatic carbocycles. The van der Waals surface area contributed by atoms with Gasteiger partial charge in [0, 0.05) is 10.9 Å². The number of aromatic nitrogens is 1. The number of carbonyl (C=O) groups excluding carboxylic acids is 2. The van der Waals surface area contributed by atoms with Crippen LogP contribution in [-0.4, -0.2) is 30.5 Å². The van der Waals surface area contributed by atoms with Crippen LogP contribution in [0.25, 0.3) is 22.2 Å². The highest BCUT2D eigenvalue weighted by Gasteiger charge is 2.15. The molecule has 0 saturated heterocycles. The summed E-state index contributed by atoms with van der Waals surface area (Å²) in [5, 5.41) is 3.37. The number of esters is 1. The molecule has 0 spiro atoms. The van der Waals surface area contributed by atoms with Gasteiger partial charge in [0.1, 0.15) is 18.9 Å². The van der Waals surface area contributed by atoms with E-state index < -0.39 is 5.97 Å². The quantitative estimate of drug-likeness (QED) is 0.444. The second kappa shape index (κ2) is 9.75. The minimum atomic E-state index is -0.504. The van der Waals surface area contributed by atoms with E-state index in [2.05, 4.69) is 10.3 Å². The van der Waals surface area contributed by atoms with Crippen molar-refractivity contribution in [2.24, 2.45) is 0 Å². The molecule has 4 aromatic rings. The molecule has 0 bridgehead atoms. The lowest BCUT2D eigenvalue weighted by Gasteiger charge is -2.11. The van der Waals surface area contributed by atoms with Crippen molar-refractivity contribution in [1.82, 2.24) is 10.3 Å². The molecule has 0 unspecified atom stereocenters. The summed E-state index contributed by atoms with van der Waals surface area (Å²) in [5.41, 5.74) is 3.53. The molecule has 6 nitrogen and oxygen atoms in total. The monoisotopic (exact) mass is 426 g/mol. The van der Waals surface area contributed by atoms with E-state index in [0.29, 0.717) is 22.2 Å². The number of hydrogen-bond donors (Lipinski definition) is 1. The third-order valence-corrected chi connectivity index (χ3v) is 4.98. The number of ether oxygens (including phenoxy) is 2. The summed E-state index contributed by atoms with van der Waals surface area (Å²) >= 11 is 0. The summed E-state index contributed by atoms with van der Waals surface area (Å²) in [6.07, 6.45) is 0. The van der Waals surface area contributed by atoms with Gasteiger partial charge < -0.3 is 14.8 Å². The van der Waals surface area contributed by atoms with Gasteiger partial charge in [0.05, 0.1) is 23.9 Å². The maximum Gasteiger partial charge on any atom is 0.325 e. The van der Waals surface area contributed by atoms with Crippen molar-refractivity contribution < 1.29 is 19.1 Å². The van der Waals surface area contributed by atoms with Gasteiger partial charge in [0.2, 0.25) is 0 Å². The Labute approximate surface area is 185 Å². The van der Waals surface area contributed by atoms with Crippen molar-refractivity contribution in [1.29, 1.82) is 0 Å². The SMILES string of the molecule is COc1ccc(-c2cc(C(=O)NCC(=O)OCc3ccccc3)c3ccccc3n2)cc1. The summed E-state index contributed by atoms with van der Waals surface area (Å²) in [4.78, 5) is 29.7. The van der Waals surface area contributed by atoms with E-state index in [1.54, 1.807) is 13.2 Å². The fourth-order valence-corrected chi connectivity index (χ4v) is 3.31. The first-order valence-electron chi connectivity index (χ1n) is 10.2. The molecule has 1 aromatic heterocycles. The van der Waals surface area contributed by atoms with Crippen LogP contribution in [0, 0.1) is 0 Å². The minimum absolute atomic E-state index is 0.162. The van der Waals surface area contributed by atoms with E-state index in [0.717, 1.165) is 16.9 Å². The molecule has 0 fully saturated rings. The van der Waals surface area contributed by atoms with Crippen molar-refractivity contribution in [2.75, 3.05) is 13.7 Å². The Morgan fingerprint density at radius 1 is 0.906 bits per heavy atom. The van der Waals surface area contributed by atoms with E-state index in [1.807, 2.05) is 78.9 Å². The molecule has 6 heteroatoms. The standard InChI is InChI=1S/C26H22N2O4/c1-31-20-13-11-19(12-14-20)24-15-22(21-9-5-6-10-23(21)28-24)26(30)27-16-25(29)32-17-18-7-3-2-4-8-18/h2-15H,16-17H2,1H3,(H,27,30). The predicted octanol–water partition coefficient (Wildman–Crippen LogP) is 4.38. The fraction of sp³-hybridized carbons (Fsp3) is 0.115. The molecule has 4 rings (SSSR count). The van der Waals surface area contributed by atoms with Crippen molar-refractivity contribution in [3.8, 4) is 17.0 Å². The van der Waals surface area contributed by atoms with E-state index in [-0.39, 0.29) is 19.1 Å². The van der Waals surface area contributed by atoms with E-state index in [1.165, 1.54) is 0 Å². The highest BCUT2D eigenvalue weighted by Crippen LogP contribution is 2.26. The summed E-state index contributed by atoms with van der Waals surface area (Å²) in [7, 11) is 1.61. The number of fused-ring (bicyclic) bond motifs is 1. The number of benzene rings is 3. The van der Waals surface area contributed by atoms with Gasteiger partial charge in [-0.1, -0.05) is 48.5 Å². The van der Waals surface area contributed by atoms with Gasteiger partial charge in [-0.15, -0.1) is 0 Å². The first-order valence-corrected chi connectivity index (χ1v) is 10.2. The molecule has 0 atom stereocenters. The molecule has 0 aliphatic heterocycles. The Bertz CT molecular complexity index is 1240. The Balaban J connectivity index is 1.51. The zero-order valence-electron chi connectivity index (χ0n) is 17.6.